The van der Waals surface area contributed by atoms with Gasteiger partial charge in [0.15, 0.2) is 0 Å². The standard InChI is InChI=1S/C52H40/c1-2-11-34(12-3-1)35-21-23-36(24-22-35)50-41-15-4-6-17-43(41)51(44-18-7-5-16-42(44)50)45-19-10-13-37-30-49-47(31-46(37)45)40-14-8-9-20-48(40)52(49)38-26-32-25-33(28-38)29-39(52)27-32/h1-24,30-33,38-39H,25-29H2. The van der Waals surface area contributed by atoms with Gasteiger partial charge in [0.1, 0.15) is 0 Å². The first kappa shape index (κ1) is 29.2. The van der Waals surface area contributed by atoms with E-state index in [0.29, 0.717) is 0 Å². The maximum Gasteiger partial charge on any atom is 0.0272 e. The van der Waals surface area contributed by atoms with Crippen LogP contribution >= 0.6 is 0 Å². The fourth-order valence-electron chi connectivity index (χ4n) is 12.3. The third-order valence-corrected chi connectivity index (χ3v) is 14.0. The van der Waals surface area contributed by atoms with E-state index in [-0.39, 0.29) is 5.41 Å². The van der Waals surface area contributed by atoms with E-state index in [1.54, 1.807) is 11.1 Å². The van der Waals surface area contributed by atoms with Crippen molar-refractivity contribution >= 4 is 32.3 Å². The van der Waals surface area contributed by atoms with Crippen molar-refractivity contribution in [1.82, 2.24) is 0 Å². The molecule has 52 heavy (non-hydrogen) atoms. The zero-order chi connectivity index (χ0) is 34.0. The second-order valence-electron chi connectivity index (χ2n) is 16.4. The molecule has 0 heteroatoms. The molecule has 0 unspecified atom stereocenters. The van der Waals surface area contributed by atoms with Crippen LogP contribution in [0.5, 0.6) is 0 Å². The van der Waals surface area contributed by atoms with Gasteiger partial charge in [-0.2, -0.15) is 0 Å². The van der Waals surface area contributed by atoms with Gasteiger partial charge in [0, 0.05) is 5.41 Å². The highest BCUT2D eigenvalue weighted by atomic mass is 14.6. The molecule has 4 fully saturated rings. The van der Waals surface area contributed by atoms with Gasteiger partial charge in [0.25, 0.3) is 0 Å². The van der Waals surface area contributed by atoms with Crippen molar-refractivity contribution in [2.24, 2.45) is 23.7 Å². The molecule has 0 saturated heterocycles. The van der Waals surface area contributed by atoms with Crippen LogP contribution in [0.25, 0.3) is 76.8 Å². The van der Waals surface area contributed by atoms with Crippen molar-refractivity contribution in [3.05, 3.63) is 169 Å². The third kappa shape index (κ3) is 3.88. The Morgan fingerprint density at radius 2 is 0.885 bits per heavy atom. The topological polar surface area (TPSA) is 0 Å². The van der Waals surface area contributed by atoms with Crippen molar-refractivity contribution in [2.45, 2.75) is 37.5 Å². The van der Waals surface area contributed by atoms with Gasteiger partial charge in [-0.15, -0.1) is 0 Å². The van der Waals surface area contributed by atoms with Crippen LogP contribution < -0.4 is 0 Å². The van der Waals surface area contributed by atoms with Crippen LogP contribution in [0.1, 0.15) is 43.2 Å². The first-order chi connectivity index (χ1) is 25.8. The predicted octanol–water partition coefficient (Wildman–Crippen LogP) is 13.9. The lowest BCUT2D eigenvalue weighted by Crippen LogP contribution is -2.55. The van der Waals surface area contributed by atoms with Crippen molar-refractivity contribution in [1.29, 1.82) is 0 Å². The Bertz CT molecular complexity index is 2650. The van der Waals surface area contributed by atoms with E-state index in [2.05, 4.69) is 158 Å². The molecular formula is C52H40. The second kappa shape index (κ2) is 10.8. The Balaban J connectivity index is 1.10. The molecule has 13 rings (SSSR count). The summed E-state index contributed by atoms with van der Waals surface area (Å²) in [5.74, 6) is 3.44. The SMILES string of the molecule is c1ccc(-c2ccc(-c3c4ccccc4c(-c4cccc5cc6c(cc45)-c4ccccc4C64C5CC6CC(C5)CC4C6)c4ccccc34)cc2)cc1. The van der Waals surface area contributed by atoms with Crippen LogP contribution in [-0.4, -0.2) is 0 Å². The van der Waals surface area contributed by atoms with Crippen LogP contribution in [0.4, 0.5) is 0 Å². The molecule has 8 aromatic carbocycles. The molecule has 5 aliphatic carbocycles. The normalized spacial score (nSPS) is 23.8. The van der Waals surface area contributed by atoms with Crippen molar-refractivity contribution < 1.29 is 0 Å². The summed E-state index contributed by atoms with van der Waals surface area (Å²) >= 11 is 0. The van der Waals surface area contributed by atoms with E-state index in [4.69, 9.17) is 0 Å². The fourth-order valence-corrected chi connectivity index (χ4v) is 12.3. The average Bonchev–Trinajstić information content (AvgIpc) is 3.48. The Hall–Kier alpha value is -5.46. The summed E-state index contributed by atoms with van der Waals surface area (Å²) in [4.78, 5) is 0. The first-order valence-electron chi connectivity index (χ1n) is 19.5. The van der Waals surface area contributed by atoms with Gasteiger partial charge in [-0.25, -0.2) is 0 Å². The number of rotatable bonds is 3. The van der Waals surface area contributed by atoms with Gasteiger partial charge in [-0.05, 0) is 156 Å². The van der Waals surface area contributed by atoms with Gasteiger partial charge < -0.3 is 0 Å². The van der Waals surface area contributed by atoms with Gasteiger partial charge in [-0.1, -0.05) is 146 Å². The minimum atomic E-state index is 0.181. The van der Waals surface area contributed by atoms with Gasteiger partial charge in [0.05, 0.1) is 0 Å². The largest absolute Gasteiger partial charge is 0.0622 e. The van der Waals surface area contributed by atoms with E-state index in [9.17, 15) is 0 Å². The zero-order valence-electron chi connectivity index (χ0n) is 29.4. The molecule has 4 saturated carbocycles. The molecule has 8 aromatic rings. The number of hydrogen-bond donors (Lipinski definition) is 0. The molecule has 0 atom stereocenters. The monoisotopic (exact) mass is 664 g/mol. The molecule has 248 valence electrons. The summed E-state index contributed by atoms with van der Waals surface area (Å²) in [6.07, 6.45) is 7.14. The lowest BCUT2D eigenvalue weighted by molar-refractivity contribution is -0.0399. The molecule has 0 aromatic heterocycles. The van der Waals surface area contributed by atoms with Gasteiger partial charge in [0.2, 0.25) is 0 Å². The molecule has 0 aliphatic heterocycles. The van der Waals surface area contributed by atoms with Crippen molar-refractivity contribution in [2.75, 3.05) is 0 Å². The quantitative estimate of drug-likeness (QED) is 0.165. The zero-order valence-corrected chi connectivity index (χ0v) is 29.4. The van der Waals surface area contributed by atoms with Crippen LogP contribution in [0.15, 0.2) is 158 Å². The highest BCUT2D eigenvalue weighted by Gasteiger charge is 2.61. The van der Waals surface area contributed by atoms with E-state index in [1.807, 2.05) is 0 Å². The average molecular weight is 665 g/mol. The molecule has 1 spiro atoms. The Morgan fingerprint density at radius 1 is 0.346 bits per heavy atom. The number of hydrogen-bond acceptors (Lipinski definition) is 0. The smallest absolute Gasteiger partial charge is 0.0272 e. The summed E-state index contributed by atoms with van der Waals surface area (Å²) in [6, 6.07) is 60.0. The second-order valence-corrected chi connectivity index (χ2v) is 16.4. The summed E-state index contributed by atoms with van der Waals surface area (Å²) < 4.78 is 0. The molecule has 5 aliphatic rings. The fraction of sp³-hybridized carbons (Fsp3) is 0.192. The minimum Gasteiger partial charge on any atom is -0.0622 e. The van der Waals surface area contributed by atoms with Crippen LogP contribution in [0.2, 0.25) is 0 Å². The Labute approximate surface area is 305 Å². The van der Waals surface area contributed by atoms with Crippen LogP contribution in [0, 0.1) is 23.7 Å². The minimum absolute atomic E-state index is 0.181. The molecule has 4 bridgehead atoms. The van der Waals surface area contributed by atoms with Crippen molar-refractivity contribution in [3.8, 4) is 44.5 Å². The summed E-state index contributed by atoms with van der Waals surface area (Å²) in [7, 11) is 0. The van der Waals surface area contributed by atoms with Crippen LogP contribution in [-0.2, 0) is 5.41 Å². The highest BCUT2D eigenvalue weighted by Crippen LogP contribution is 2.69. The molecule has 0 radical (unpaired) electrons. The summed E-state index contributed by atoms with van der Waals surface area (Å²) in [6.45, 7) is 0. The maximum absolute atomic E-state index is 2.66. The molecular weight excluding hydrogens is 625 g/mol. The maximum atomic E-state index is 2.66. The number of fused-ring (bicyclic) bond motifs is 6. The number of benzene rings is 8. The van der Waals surface area contributed by atoms with Crippen molar-refractivity contribution in [3.63, 3.8) is 0 Å². The molecule has 0 N–H and O–H groups in total. The third-order valence-electron chi connectivity index (χ3n) is 14.0. The Morgan fingerprint density at radius 3 is 1.56 bits per heavy atom. The molecule has 0 nitrogen and oxygen atoms in total. The van der Waals surface area contributed by atoms with E-state index < -0.39 is 0 Å². The highest BCUT2D eigenvalue weighted by molar-refractivity contribution is 6.23. The molecule has 0 heterocycles. The predicted molar refractivity (Wildman–Crippen MR) is 219 cm³/mol. The van der Waals surface area contributed by atoms with Gasteiger partial charge >= 0.3 is 0 Å². The molecule has 0 amide bonds. The Kier molecular flexibility index (Phi) is 6.04. The first-order valence-corrected chi connectivity index (χ1v) is 19.5. The summed E-state index contributed by atoms with van der Waals surface area (Å²) in [5.41, 5.74) is 14.2. The van der Waals surface area contributed by atoms with Crippen LogP contribution in [0.3, 0.4) is 0 Å². The summed E-state index contributed by atoms with van der Waals surface area (Å²) in [5, 5.41) is 7.99. The van der Waals surface area contributed by atoms with E-state index in [1.165, 1.54) is 109 Å². The van der Waals surface area contributed by atoms with Gasteiger partial charge in [-0.3, -0.25) is 0 Å². The lowest BCUT2D eigenvalue weighted by atomic mass is 9.43. The van der Waals surface area contributed by atoms with E-state index >= 15 is 0 Å². The van der Waals surface area contributed by atoms with E-state index in [0.717, 1.165) is 23.7 Å². The lowest BCUT2D eigenvalue weighted by Gasteiger charge is -2.61.